The summed E-state index contributed by atoms with van der Waals surface area (Å²) in [6.45, 7) is 5.99. The Morgan fingerprint density at radius 1 is 1.15 bits per heavy atom. The van der Waals surface area contributed by atoms with Gasteiger partial charge in [-0.2, -0.15) is 0 Å². The molecule has 8 atom stereocenters. The molecular formula is C18H26O8. The van der Waals surface area contributed by atoms with E-state index < -0.39 is 42.3 Å². The molecule has 4 saturated heterocycles. The summed E-state index contributed by atoms with van der Waals surface area (Å²) in [5.41, 5.74) is -0.719. The number of hydrogen-bond donors (Lipinski definition) is 1. The fraction of sp³-hybridized carbons (Fsp3) is 0.889. The molecule has 5 fully saturated rings. The van der Waals surface area contributed by atoms with Gasteiger partial charge in [0, 0.05) is 18.3 Å². The van der Waals surface area contributed by atoms with Gasteiger partial charge in [-0.25, -0.2) is 9.78 Å². The Bertz CT molecular complexity index is 608. The number of ether oxygens (including phenoxy) is 3. The van der Waals surface area contributed by atoms with E-state index >= 15 is 0 Å². The fourth-order valence-corrected chi connectivity index (χ4v) is 5.30. The summed E-state index contributed by atoms with van der Waals surface area (Å²) in [5, 5.41) is 8.79. The number of esters is 1. The predicted octanol–water partition coefficient (Wildman–Crippen LogP) is 2.21. The number of aliphatic carboxylic acids is 1. The second-order valence-corrected chi connectivity index (χ2v) is 8.33. The molecule has 0 aromatic carbocycles. The Hall–Kier alpha value is -1.22. The van der Waals surface area contributed by atoms with Crippen LogP contribution in [0.3, 0.4) is 0 Å². The summed E-state index contributed by atoms with van der Waals surface area (Å²) < 4.78 is 17.5. The molecule has 1 aliphatic carbocycles. The number of carboxylic acid groups (broad SMARTS) is 1. The molecule has 1 N–H and O–H groups in total. The van der Waals surface area contributed by atoms with Crippen LogP contribution in [0.2, 0.25) is 0 Å². The van der Waals surface area contributed by atoms with E-state index in [1.165, 1.54) is 0 Å². The van der Waals surface area contributed by atoms with Gasteiger partial charge in [-0.1, -0.05) is 13.8 Å². The minimum atomic E-state index is -1.23. The monoisotopic (exact) mass is 370 g/mol. The van der Waals surface area contributed by atoms with Crippen LogP contribution in [0.5, 0.6) is 0 Å². The quantitative estimate of drug-likeness (QED) is 0.458. The summed E-state index contributed by atoms with van der Waals surface area (Å²) in [5.74, 6) is -2.38. The van der Waals surface area contributed by atoms with Crippen LogP contribution in [-0.4, -0.2) is 41.0 Å². The molecule has 2 bridgehead atoms. The Balaban J connectivity index is 1.64. The zero-order valence-corrected chi connectivity index (χ0v) is 15.3. The lowest BCUT2D eigenvalue weighted by molar-refractivity contribution is -0.576. The molecule has 2 unspecified atom stereocenters. The van der Waals surface area contributed by atoms with Crippen LogP contribution < -0.4 is 0 Å². The third-order valence-corrected chi connectivity index (χ3v) is 6.64. The van der Waals surface area contributed by atoms with Gasteiger partial charge in [-0.3, -0.25) is 9.59 Å². The van der Waals surface area contributed by atoms with Crippen molar-refractivity contribution in [1.29, 1.82) is 0 Å². The van der Waals surface area contributed by atoms with Crippen LogP contribution >= 0.6 is 0 Å². The minimum absolute atomic E-state index is 0.0349. The van der Waals surface area contributed by atoms with Gasteiger partial charge >= 0.3 is 11.9 Å². The summed E-state index contributed by atoms with van der Waals surface area (Å²) in [7, 11) is 0. The van der Waals surface area contributed by atoms with E-state index in [0.717, 1.165) is 19.3 Å². The SMILES string of the molecule is C[C@@H]1CCC2[C@@H](C)[C@H](OC(=O)CC(=O)O)O[C@@H]3O[C@]4(C)CC[C@@H]1C23OO4. The van der Waals surface area contributed by atoms with Crippen molar-refractivity contribution in [3.05, 3.63) is 0 Å². The molecule has 0 aromatic rings. The number of hydrogen-bond acceptors (Lipinski definition) is 7. The third kappa shape index (κ3) is 2.66. The van der Waals surface area contributed by atoms with E-state index in [2.05, 4.69) is 6.92 Å². The van der Waals surface area contributed by atoms with Gasteiger partial charge in [0.15, 0.2) is 11.9 Å². The normalized spacial score (nSPS) is 49.8. The lowest BCUT2D eigenvalue weighted by Crippen LogP contribution is -2.70. The van der Waals surface area contributed by atoms with Gasteiger partial charge in [0.25, 0.3) is 0 Å². The first kappa shape index (κ1) is 18.2. The summed E-state index contributed by atoms with van der Waals surface area (Å²) >= 11 is 0. The van der Waals surface area contributed by atoms with Crippen LogP contribution in [0.25, 0.3) is 0 Å². The third-order valence-electron chi connectivity index (χ3n) is 6.64. The number of carbonyl (C=O) groups is 2. The van der Waals surface area contributed by atoms with Gasteiger partial charge < -0.3 is 19.3 Å². The number of carboxylic acids is 1. The van der Waals surface area contributed by atoms with Crippen molar-refractivity contribution in [2.24, 2.45) is 23.7 Å². The van der Waals surface area contributed by atoms with Crippen molar-refractivity contribution >= 4 is 11.9 Å². The molecule has 8 nitrogen and oxygen atoms in total. The highest BCUT2D eigenvalue weighted by Gasteiger charge is 2.69. The average Bonchev–Trinajstić information content (AvgIpc) is 2.78. The van der Waals surface area contributed by atoms with Crippen LogP contribution in [-0.2, 0) is 33.6 Å². The van der Waals surface area contributed by atoms with Gasteiger partial charge in [0.05, 0.1) is 0 Å². The Labute approximate surface area is 152 Å². The highest BCUT2D eigenvalue weighted by atomic mass is 17.3. The molecule has 1 saturated carbocycles. The molecule has 146 valence electrons. The van der Waals surface area contributed by atoms with Crippen LogP contribution in [0.4, 0.5) is 0 Å². The van der Waals surface area contributed by atoms with Crippen molar-refractivity contribution in [3.8, 4) is 0 Å². The van der Waals surface area contributed by atoms with Crippen molar-refractivity contribution in [1.82, 2.24) is 0 Å². The maximum Gasteiger partial charge on any atom is 0.319 e. The zero-order chi connectivity index (χ0) is 18.7. The molecule has 4 heterocycles. The average molecular weight is 370 g/mol. The molecule has 26 heavy (non-hydrogen) atoms. The van der Waals surface area contributed by atoms with Gasteiger partial charge in [0.1, 0.15) is 6.42 Å². The number of rotatable bonds is 3. The number of carbonyl (C=O) groups excluding carboxylic acids is 1. The molecular weight excluding hydrogens is 344 g/mol. The highest BCUT2D eigenvalue weighted by molar-refractivity contribution is 5.90. The second-order valence-electron chi connectivity index (χ2n) is 8.33. The smallest absolute Gasteiger partial charge is 0.319 e. The number of fused-ring (bicyclic) bond motifs is 2. The van der Waals surface area contributed by atoms with E-state index in [1.807, 2.05) is 13.8 Å². The lowest BCUT2D eigenvalue weighted by atomic mass is 9.58. The molecule has 4 aliphatic heterocycles. The molecule has 1 spiro atoms. The summed E-state index contributed by atoms with van der Waals surface area (Å²) in [6.07, 6.45) is 1.30. The Kier molecular flexibility index (Phi) is 4.30. The van der Waals surface area contributed by atoms with Gasteiger partial charge in [-0.15, -0.1) is 0 Å². The molecule has 8 heteroatoms. The molecule has 0 aromatic heterocycles. The minimum Gasteiger partial charge on any atom is -0.481 e. The van der Waals surface area contributed by atoms with E-state index in [-0.39, 0.29) is 17.8 Å². The largest absolute Gasteiger partial charge is 0.481 e. The van der Waals surface area contributed by atoms with E-state index in [1.54, 1.807) is 0 Å². The first-order valence-corrected chi connectivity index (χ1v) is 9.36. The van der Waals surface area contributed by atoms with E-state index in [9.17, 15) is 9.59 Å². The first-order chi connectivity index (χ1) is 12.2. The Morgan fingerprint density at radius 2 is 1.92 bits per heavy atom. The van der Waals surface area contributed by atoms with Gasteiger partial charge in [-0.05, 0) is 38.0 Å². The topological polar surface area (TPSA) is 101 Å². The standard InChI is InChI=1S/C18H26O8/c1-9-4-5-12-10(2)15(22-14(21)8-13(19)20)23-16-18(12)11(9)6-7-17(3,24-16)25-26-18/h9-12,15-16H,4-8H2,1-3H3,(H,19,20)/t9-,10-,11+,12?,15-,16-,17+,18?/m1/s1. The molecule has 0 amide bonds. The molecule has 5 aliphatic rings. The maximum absolute atomic E-state index is 11.9. The summed E-state index contributed by atoms with van der Waals surface area (Å²) in [4.78, 5) is 34.3. The van der Waals surface area contributed by atoms with E-state index in [0.29, 0.717) is 12.3 Å². The Morgan fingerprint density at radius 3 is 2.65 bits per heavy atom. The van der Waals surface area contributed by atoms with Crippen molar-refractivity contribution in [2.45, 2.75) is 76.8 Å². The van der Waals surface area contributed by atoms with Gasteiger partial charge in [0.2, 0.25) is 12.1 Å². The van der Waals surface area contributed by atoms with Crippen LogP contribution in [0.1, 0.15) is 52.9 Å². The van der Waals surface area contributed by atoms with E-state index in [4.69, 9.17) is 29.1 Å². The molecule has 5 rings (SSSR count). The van der Waals surface area contributed by atoms with Crippen molar-refractivity contribution < 1.29 is 38.7 Å². The van der Waals surface area contributed by atoms with Crippen LogP contribution in [0.15, 0.2) is 0 Å². The highest BCUT2D eigenvalue weighted by Crippen LogP contribution is 2.60. The summed E-state index contributed by atoms with van der Waals surface area (Å²) in [6, 6.07) is 0. The van der Waals surface area contributed by atoms with Crippen LogP contribution in [0, 0.1) is 23.7 Å². The second kappa shape index (κ2) is 6.15. The first-order valence-electron chi connectivity index (χ1n) is 9.36. The van der Waals surface area contributed by atoms with Crippen molar-refractivity contribution in [3.63, 3.8) is 0 Å². The lowest BCUT2D eigenvalue weighted by Gasteiger charge is -2.59. The maximum atomic E-state index is 11.9. The molecule has 0 radical (unpaired) electrons. The predicted molar refractivity (Wildman–Crippen MR) is 85.2 cm³/mol. The fourth-order valence-electron chi connectivity index (χ4n) is 5.30. The van der Waals surface area contributed by atoms with Crippen molar-refractivity contribution in [2.75, 3.05) is 0 Å². The zero-order valence-electron chi connectivity index (χ0n) is 15.3.